The highest BCUT2D eigenvalue weighted by molar-refractivity contribution is 6.18. The minimum atomic E-state index is -1.80. The second-order valence-electron chi connectivity index (χ2n) is 8.24. The first-order chi connectivity index (χ1) is 16.3. The molecule has 9 nitrogen and oxygen atoms in total. The van der Waals surface area contributed by atoms with Crippen LogP contribution in [-0.2, 0) is 26.3 Å². The molecule has 172 valence electrons. The van der Waals surface area contributed by atoms with Crippen LogP contribution < -0.4 is 20.9 Å². The number of aryl methyl sites for hydroxylation is 1. The molecule has 2 aliphatic rings. The monoisotopic (exact) mass is 458 g/mol. The first-order valence-corrected chi connectivity index (χ1v) is 10.6. The molecule has 0 saturated carbocycles. The normalized spacial score (nSPS) is 18.6. The molecule has 1 spiro atoms. The lowest BCUT2D eigenvalue weighted by Gasteiger charge is -2.35. The van der Waals surface area contributed by atoms with E-state index in [-0.39, 0.29) is 29.3 Å². The molecule has 0 bridgehead atoms. The molecule has 34 heavy (non-hydrogen) atoms. The zero-order valence-electron chi connectivity index (χ0n) is 18.9. The number of nitrogens with two attached hydrogens (primary N) is 1. The van der Waals surface area contributed by atoms with Crippen molar-refractivity contribution in [3.8, 4) is 5.75 Å². The first-order valence-electron chi connectivity index (χ1n) is 10.6. The number of amides is 1. The number of anilines is 1. The highest BCUT2D eigenvalue weighted by Crippen LogP contribution is 2.54. The topological polar surface area (TPSA) is 117 Å². The third-order valence-corrected chi connectivity index (χ3v) is 6.46. The Bertz CT molecular complexity index is 1440. The average molecular weight is 458 g/mol. The second kappa shape index (κ2) is 7.58. The van der Waals surface area contributed by atoms with E-state index in [1.54, 1.807) is 73.4 Å². The van der Waals surface area contributed by atoms with Crippen molar-refractivity contribution in [2.45, 2.75) is 18.9 Å². The van der Waals surface area contributed by atoms with E-state index < -0.39 is 22.9 Å². The lowest BCUT2D eigenvalue weighted by Crippen LogP contribution is -2.51. The Kier molecular flexibility index (Phi) is 4.78. The molecule has 0 fully saturated rings. The Morgan fingerprint density at radius 3 is 2.59 bits per heavy atom. The average Bonchev–Trinajstić information content (AvgIpc) is 3.04. The summed E-state index contributed by atoms with van der Waals surface area (Å²) in [6.07, 6.45) is 3.28. The third kappa shape index (κ3) is 2.73. The van der Waals surface area contributed by atoms with Gasteiger partial charge in [0.25, 0.3) is 5.56 Å². The minimum Gasteiger partial charge on any atom is -0.465 e. The van der Waals surface area contributed by atoms with E-state index >= 15 is 0 Å². The van der Waals surface area contributed by atoms with Crippen LogP contribution in [0.25, 0.3) is 0 Å². The summed E-state index contributed by atoms with van der Waals surface area (Å²) in [5.74, 6) is -1.47. The van der Waals surface area contributed by atoms with Crippen LogP contribution in [0.1, 0.15) is 22.4 Å². The maximum atomic E-state index is 14.1. The van der Waals surface area contributed by atoms with E-state index in [4.69, 9.17) is 15.2 Å². The Morgan fingerprint density at radius 1 is 1.18 bits per heavy atom. The molecule has 4 heterocycles. The van der Waals surface area contributed by atoms with E-state index in [9.17, 15) is 14.4 Å². The number of rotatable bonds is 3. The summed E-state index contributed by atoms with van der Waals surface area (Å²) in [7, 11) is 2.79. The number of hydrogen-bond acceptors (Lipinski definition) is 7. The minimum absolute atomic E-state index is 0.0311. The molecule has 2 N–H and O–H groups in total. The largest absolute Gasteiger partial charge is 0.465 e. The fourth-order valence-electron chi connectivity index (χ4n) is 4.91. The number of nitrogens with zero attached hydrogens (tertiary/aromatic N) is 3. The molecule has 9 heteroatoms. The predicted octanol–water partition coefficient (Wildman–Crippen LogP) is 1.60. The van der Waals surface area contributed by atoms with E-state index in [0.717, 1.165) is 5.56 Å². The number of fused-ring (bicyclic) bond motifs is 4. The molecule has 0 saturated heterocycles. The molecule has 1 atom stereocenters. The summed E-state index contributed by atoms with van der Waals surface area (Å²) >= 11 is 0. The molecular weight excluding hydrogens is 436 g/mol. The van der Waals surface area contributed by atoms with Gasteiger partial charge in [-0.05, 0) is 30.7 Å². The molecule has 2 aromatic heterocycles. The summed E-state index contributed by atoms with van der Waals surface area (Å²) < 4.78 is 12.3. The van der Waals surface area contributed by atoms with Gasteiger partial charge in [-0.3, -0.25) is 14.6 Å². The van der Waals surface area contributed by atoms with E-state index in [1.165, 1.54) is 12.0 Å². The van der Waals surface area contributed by atoms with Gasteiger partial charge in [0.15, 0.2) is 0 Å². The van der Waals surface area contributed by atoms with Gasteiger partial charge in [0.05, 0.1) is 19.2 Å². The summed E-state index contributed by atoms with van der Waals surface area (Å²) in [5.41, 5.74) is 6.27. The molecule has 1 aromatic carbocycles. The van der Waals surface area contributed by atoms with Gasteiger partial charge in [-0.15, -0.1) is 0 Å². The molecule has 3 aromatic rings. The fourth-order valence-corrected chi connectivity index (χ4v) is 4.91. The molecular formula is C25H22N4O5. The van der Waals surface area contributed by atoms with Gasteiger partial charge in [-0.25, -0.2) is 4.79 Å². The molecule has 0 radical (unpaired) electrons. The van der Waals surface area contributed by atoms with Crippen LogP contribution in [0.15, 0.2) is 71.1 Å². The van der Waals surface area contributed by atoms with Gasteiger partial charge < -0.3 is 24.7 Å². The maximum Gasteiger partial charge on any atom is 0.340 e. The standard InChI is InChI=1S/C25H22N4O5/c1-14-12-18-19(22(30)29(14)13-15-8-10-27-11-9-15)25(20(21(26)34-18)23(31)33-3)16-6-4-5-7-17(16)28(2)24(25)32/h4-12H,13,26H2,1-3H3. The van der Waals surface area contributed by atoms with Crippen LogP contribution >= 0.6 is 0 Å². The van der Waals surface area contributed by atoms with Gasteiger partial charge in [0, 0.05) is 42.5 Å². The van der Waals surface area contributed by atoms with Crippen molar-refractivity contribution in [3.05, 3.63) is 99.1 Å². The van der Waals surface area contributed by atoms with Gasteiger partial charge in [-0.2, -0.15) is 0 Å². The summed E-state index contributed by atoms with van der Waals surface area (Å²) in [4.78, 5) is 46.6. The number of methoxy groups -OCH3 is 1. The Labute approximate surface area is 195 Å². The van der Waals surface area contributed by atoms with Crippen molar-refractivity contribution >= 4 is 17.6 Å². The molecule has 1 unspecified atom stereocenters. The van der Waals surface area contributed by atoms with E-state index in [0.29, 0.717) is 16.9 Å². The van der Waals surface area contributed by atoms with Crippen LogP contribution in [-0.4, -0.2) is 35.6 Å². The lowest BCUT2D eigenvalue weighted by molar-refractivity contribution is -0.138. The zero-order chi connectivity index (χ0) is 24.2. The maximum absolute atomic E-state index is 14.1. The number of hydrogen-bond donors (Lipinski definition) is 1. The third-order valence-electron chi connectivity index (χ3n) is 6.46. The van der Waals surface area contributed by atoms with Crippen LogP contribution in [0.3, 0.4) is 0 Å². The number of esters is 1. The number of pyridine rings is 2. The van der Waals surface area contributed by atoms with Crippen LogP contribution in [0.4, 0.5) is 5.69 Å². The number of benzene rings is 1. The SMILES string of the molecule is COC(=O)C1=C(N)Oc2cc(C)n(Cc3ccncc3)c(=O)c2C12C(=O)N(C)c1ccccc12. The first kappa shape index (κ1) is 21.4. The molecule has 1 amide bonds. The highest BCUT2D eigenvalue weighted by Gasteiger charge is 2.61. The number of carbonyl (C=O) groups excluding carboxylic acids is 2. The van der Waals surface area contributed by atoms with Crippen molar-refractivity contribution in [1.82, 2.24) is 9.55 Å². The molecule has 5 rings (SSSR count). The predicted molar refractivity (Wildman–Crippen MR) is 123 cm³/mol. The highest BCUT2D eigenvalue weighted by atomic mass is 16.5. The van der Waals surface area contributed by atoms with Crippen molar-refractivity contribution in [2.24, 2.45) is 5.73 Å². The zero-order valence-corrected chi connectivity index (χ0v) is 18.9. The lowest BCUT2D eigenvalue weighted by atomic mass is 9.68. The van der Waals surface area contributed by atoms with Crippen molar-refractivity contribution in [3.63, 3.8) is 0 Å². The summed E-state index contributed by atoms with van der Waals surface area (Å²) in [6.45, 7) is 2.01. The van der Waals surface area contributed by atoms with E-state index in [1.807, 2.05) is 0 Å². The molecule has 0 aliphatic carbocycles. The summed E-state index contributed by atoms with van der Waals surface area (Å²) in [6, 6.07) is 12.3. The van der Waals surface area contributed by atoms with Crippen LogP contribution in [0, 0.1) is 6.92 Å². The van der Waals surface area contributed by atoms with E-state index in [2.05, 4.69) is 4.98 Å². The number of likely N-dealkylation sites (N-methyl/N-ethyl adjacent to an activating group) is 1. The number of carbonyl (C=O) groups is 2. The van der Waals surface area contributed by atoms with Gasteiger partial charge in [0.2, 0.25) is 11.8 Å². The van der Waals surface area contributed by atoms with Crippen molar-refractivity contribution < 1.29 is 19.1 Å². The van der Waals surface area contributed by atoms with Gasteiger partial charge >= 0.3 is 5.97 Å². The Morgan fingerprint density at radius 2 is 1.88 bits per heavy atom. The smallest absolute Gasteiger partial charge is 0.340 e. The number of aromatic nitrogens is 2. The fraction of sp³-hybridized carbons (Fsp3) is 0.200. The second-order valence-corrected chi connectivity index (χ2v) is 8.24. The van der Waals surface area contributed by atoms with Crippen molar-refractivity contribution in [2.75, 3.05) is 19.1 Å². The van der Waals surface area contributed by atoms with Gasteiger partial charge in [-0.1, -0.05) is 18.2 Å². The molecule has 2 aliphatic heterocycles. The van der Waals surface area contributed by atoms with Gasteiger partial charge in [0.1, 0.15) is 16.7 Å². The Hall–Kier alpha value is -4.40. The summed E-state index contributed by atoms with van der Waals surface area (Å²) in [5, 5.41) is 0. The van der Waals surface area contributed by atoms with Crippen LogP contribution in [0.5, 0.6) is 5.75 Å². The Balaban J connectivity index is 1.88. The number of para-hydroxylation sites is 1. The number of ether oxygens (including phenoxy) is 2. The van der Waals surface area contributed by atoms with Crippen molar-refractivity contribution in [1.29, 1.82) is 0 Å². The quantitative estimate of drug-likeness (QED) is 0.593. The van der Waals surface area contributed by atoms with Crippen LogP contribution in [0.2, 0.25) is 0 Å².